The normalized spacial score (nSPS) is 10.3. The van der Waals surface area contributed by atoms with Crippen LogP contribution in [0.5, 0.6) is 5.75 Å². The SMILES string of the molecule is Cc1ccc(C(=O)COc2ccc(C)c(F)c2)cc1. The summed E-state index contributed by atoms with van der Waals surface area (Å²) in [6.45, 7) is 3.54. The first-order chi connectivity index (χ1) is 9.06. The van der Waals surface area contributed by atoms with Crippen molar-refractivity contribution in [3.05, 3.63) is 65.0 Å². The molecule has 3 heteroatoms. The van der Waals surface area contributed by atoms with E-state index in [2.05, 4.69) is 0 Å². The van der Waals surface area contributed by atoms with E-state index in [0.29, 0.717) is 16.9 Å². The van der Waals surface area contributed by atoms with Gasteiger partial charge in [0, 0.05) is 11.6 Å². The van der Waals surface area contributed by atoms with Crippen molar-refractivity contribution in [2.45, 2.75) is 13.8 Å². The van der Waals surface area contributed by atoms with Gasteiger partial charge in [0.15, 0.2) is 12.4 Å². The number of rotatable bonds is 4. The van der Waals surface area contributed by atoms with Crippen molar-refractivity contribution < 1.29 is 13.9 Å². The van der Waals surface area contributed by atoms with Crippen LogP contribution < -0.4 is 4.74 Å². The van der Waals surface area contributed by atoms with Crippen molar-refractivity contribution in [2.75, 3.05) is 6.61 Å². The second-order valence-corrected chi connectivity index (χ2v) is 4.49. The molecule has 0 bridgehead atoms. The molecule has 19 heavy (non-hydrogen) atoms. The van der Waals surface area contributed by atoms with E-state index in [1.807, 2.05) is 19.1 Å². The van der Waals surface area contributed by atoms with Crippen LogP contribution in [0, 0.1) is 19.7 Å². The summed E-state index contributed by atoms with van der Waals surface area (Å²) in [5.74, 6) is -0.0928. The van der Waals surface area contributed by atoms with Gasteiger partial charge < -0.3 is 4.74 Å². The maximum atomic E-state index is 13.3. The Morgan fingerprint density at radius 3 is 2.42 bits per heavy atom. The average Bonchev–Trinajstić information content (AvgIpc) is 2.40. The van der Waals surface area contributed by atoms with Crippen LogP contribution >= 0.6 is 0 Å². The molecule has 0 radical (unpaired) electrons. The zero-order valence-corrected chi connectivity index (χ0v) is 10.9. The monoisotopic (exact) mass is 258 g/mol. The Morgan fingerprint density at radius 2 is 1.79 bits per heavy atom. The van der Waals surface area contributed by atoms with E-state index in [-0.39, 0.29) is 18.2 Å². The zero-order valence-electron chi connectivity index (χ0n) is 10.9. The molecular formula is C16H15FO2. The molecule has 0 atom stereocenters. The molecule has 0 aromatic heterocycles. The zero-order chi connectivity index (χ0) is 13.8. The molecule has 2 aromatic rings. The predicted octanol–water partition coefficient (Wildman–Crippen LogP) is 3.70. The van der Waals surface area contributed by atoms with Crippen LogP contribution in [0.3, 0.4) is 0 Å². The molecule has 0 aliphatic heterocycles. The Kier molecular flexibility index (Phi) is 3.95. The Balaban J connectivity index is 2.00. The molecule has 0 unspecified atom stereocenters. The second-order valence-electron chi connectivity index (χ2n) is 4.49. The first-order valence-corrected chi connectivity index (χ1v) is 6.05. The third kappa shape index (κ3) is 3.41. The van der Waals surface area contributed by atoms with Gasteiger partial charge in [-0.15, -0.1) is 0 Å². The van der Waals surface area contributed by atoms with Gasteiger partial charge in [0.2, 0.25) is 0 Å². The summed E-state index contributed by atoms with van der Waals surface area (Å²) in [5.41, 5.74) is 2.24. The van der Waals surface area contributed by atoms with Crippen LogP contribution in [0.2, 0.25) is 0 Å². The van der Waals surface area contributed by atoms with Crippen LogP contribution in [0.4, 0.5) is 4.39 Å². The van der Waals surface area contributed by atoms with Crippen LogP contribution in [-0.2, 0) is 0 Å². The molecule has 0 saturated heterocycles. The highest BCUT2D eigenvalue weighted by Crippen LogP contribution is 2.16. The van der Waals surface area contributed by atoms with Gasteiger partial charge in [-0.1, -0.05) is 35.9 Å². The minimum Gasteiger partial charge on any atom is -0.485 e. The van der Waals surface area contributed by atoms with Crippen molar-refractivity contribution in [3.8, 4) is 5.75 Å². The van der Waals surface area contributed by atoms with E-state index in [4.69, 9.17) is 4.74 Å². The van der Waals surface area contributed by atoms with E-state index >= 15 is 0 Å². The summed E-state index contributed by atoms with van der Waals surface area (Å²) in [7, 11) is 0. The summed E-state index contributed by atoms with van der Waals surface area (Å²) < 4.78 is 18.6. The quantitative estimate of drug-likeness (QED) is 0.781. The summed E-state index contributed by atoms with van der Waals surface area (Å²) in [6.07, 6.45) is 0. The van der Waals surface area contributed by atoms with Gasteiger partial charge in [-0.25, -0.2) is 4.39 Å². The number of ketones is 1. The number of ether oxygens (including phenoxy) is 1. The van der Waals surface area contributed by atoms with E-state index in [1.165, 1.54) is 6.07 Å². The molecule has 0 amide bonds. The molecule has 0 fully saturated rings. The number of hydrogen-bond acceptors (Lipinski definition) is 2. The van der Waals surface area contributed by atoms with Gasteiger partial charge in [-0.05, 0) is 25.5 Å². The molecule has 2 aromatic carbocycles. The molecule has 0 aliphatic rings. The molecule has 0 spiro atoms. The first kappa shape index (κ1) is 13.3. The maximum absolute atomic E-state index is 13.3. The van der Waals surface area contributed by atoms with Crippen molar-refractivity contribution in [1.29, 1.82) is 0 Å². The molecular weight excluding hydrogens is 243 g/mol. The lowest BCUT2D eigenvalue weighted by Gasteiger charge is -2.06. The third-order valence-corrected chi connectivity index (χ3v) is 2.89. The standard InChI is InChI=1S/C16H15FO2/c1-11-3-6-13(7-4-11)16(18)10-19-14-8-5-12(2)15(17)9-14/h3-9H,10H2,1-2H3. The molecule has 0 N–H and O–H groups in total. The van der Waals surface area contributed by atoms with Crippen LogP contribution in [-0.4, -0.2) is 12.4 Å². The van der Waals surface area contributed by atoms with Gasteiger partial charge in [0.1, 0.15) is 11.6 Å². The fourth-order valence-electron chi connectivity index (χ4n) is 1.64. The largest absolute Gasteiger partial charge is 0.485 e. The lowest BCUT2D eigenvalue weighted by Crippen LogP contribution is -2.11. The Morgan fingerprint density at radius 1 is 1.11 bits per heavy atom. The summed E-state index contributed by atoms with van der Waals surface area (Å²) in [6, 6.07) is 11.8. The van der Waals surface area contributed by atoms with E-state index in [0.717, 1.165) is 5.56 Å². The number of hydrogen-bond donors (Lipinski definition) is 0. The predicted molar refractivity (Wildman–Crippen MR) is 72.1 cm³/mol. The Hall–Kier alpha value is -2.16. The van der Waals surface area contributed by atoms with E-state index < -0.39 is 0 Å². The average molecular weight is 258 g/mol. The number of aryl methyl sites for hydroxylation is 2. The fraction of sp³-hybridized carbons (Fsp3) is 0.188. The van der Waals surface area contributed by atoms with Crippen molar-refractivity contribution >= 4 is 5.78 Å². The number of benzene rings is 2. The smallest absolute Gasteiger partial charge is 0.200 e. The minimum absolute atomic E-state index is 0.0917. The van der Waals surface area contributed by atoms with Crippen LogP contribution in [0.25, 0.3) is 0 Å². The van der Waals surface area contributed by atoms with Crippen LogP contribution in [0.1, 0.15) is 21.5 Å². The first-order valence-electron chi connectivity index (χ1n) is 6.05. The van der Waals surface area contributed by atoms with Crippen LogP contribution in [0.15, 0.2) is 42.5 Å². The Bertz CT molecular complexity index is 588. The fourth-order valence-corrected chi connectivity index (χ4v) is 1.64. The van der Waals surface area contributed by atoms with Gasteiger partial charge >= 0.3 is 0 Å². The van der Waals surface area contributed by atoms with Gasteiger partial charge in [0.25, 0.3) is 0 Å². The van der Waals surface area contributed by atoms with Crippen molar-refractivity contribution in [1.82, 2.24) is 0 Å². The number of Topliss-reactive ketones (excluding diaryl/α,β-unsaturated/α-hetero) is 1. The number of halogens is 1. The lowest BCUT2D eigenvalue weighted by atomic mass is 10.1. The molecule has 0 aliphatic carbocycles. The molecule has 98 valence electrons. The maximum Gasteiger partial charge on any atom is 0.200 e. The van der Waals surface area contributed by atoms with Crippen molar-refractivity contribution in [2.24, 2.45) is 0 Å². The van der Waals surface area contributed by atoms with Gasteiger partial charge in [-0.3, -0.25) is 4.79 Å². The number of carbonyl (C=O) groups excluding carboxylic acids is 1. The highest BCUT2D eigenvalue weighted by Gasteiger charge is 2.07. The highest BCUT2D eigenvalue weighted by atomic mass is 19.1. The lowest BCUT2D eigenvalue weighted by molar-refractivity contribution is 0.0921. The second kappa shape index (κ2) is 5.65. The minimum atomic E-state index is -0.333. The van der Waals surface area contributed by atoms with Gasteiger partial charge in [0.05, 0.1) is 0 Å². The molecule has 2 nitrogen and oxygen atoms in total. The summed E-state index contributed by atoms with van der Waals surface area (Å²) >= 11 is 0. The summed E-state index contributed by atoms with van der Waals surface area (Å²) in [4.78, 5) is 11.9. The van der Waals surface area contributed by atoms with Gasteiger partial charge in [-0.2, -0.15) is 0 Å². The summed E-state index contributed by atoms with van der Waals surface area (Å²) in [5, 5.41) is 0. The Labute approximate surface area is 111 Å². The molecule has 2 rings (SSSR count). The third-order valence-electron chi connectivity index (χ3n) is 2.89. The topological polar surface area (TPSA) is 26.3 Å². The van der Waals surface area contributed by atoms with Crippen molar-refractivity contribution in [3.63, 3.8) is 0 Å². The molecule has 0 saturated carbocycles. The highest BCUT2D eigenvalue weighted by molar-refractivity contribution is 5.97. The molecule has 0 heterocycles. The van der Waals surface area contributed by atoms with E-state index in [1.54, 1.807) is 31.2 Å². The number of carbonyl (C=O) groups is 1. The van der Waals surface area contributed by atoms with E-state index in [9.17, 15) is 9.18 Å².